The van der Waals surface area contributed by atoms with E-state index in [0.29, 0.717) is 37.0 Å². The Morgan fingerprint density at radius 2 is 1.97 bits per heavy atom. The molecule has 2 aromatic carbocycles. The van der Waals surface area contributed by atoms with Crippen molar-refractivity contribution in [3.8, 4) is 17.5 Å². The summed E-state index contributed by atoms with van der Waals surface area (Å²) in [5, 5.41) is 17.8. The molecule has 0 saturated heterocycles. The van der Waals surface area contributed by atoms with Crippen LogP contribution in [0.1, 0.15) is 37.4 Å². The lowest BCUT2D eigenvalue weighted by atomic mass is 9.98. The second kappa shape index (κ2) is 8.30. The standard InChI is InChI=1S/C28H24FN5O3/c1-33-16-21(5-8-24(33)35)34-23-7-6-22(14-19(23)15-31-34)37-25(18-3-2-4-20(29)13-18)28(11-12-28)32-26(36)27(17-30)9-10-27/h2-8,13-16,25H,9-12H2,1H3,(H,32,36). The van der Waals surface area contributed by atoms with Gasteiger partial charge in [0, 0.05) is 24.7 Å². The zero-order chi connectivity index (χ0) is 25.8. The highest BCUT2D eigenvalue weighted by Crippen LogP contribution is 2.51. The Morgan fingerprint density at radius 3 is 2.65 bits per heavy atom. The number of pyridine rings is 1. The van der Waals surface area contributed by atoms with Gasteiger partial charge in [-0.1, -0.05) is 12.1 Å². The maximum atomic E-state index is 14.2. The molecule has 4 aromatic rings. The average molecular weight is 498 g/mol. The number of nitriles is 1. The second-order valence-electron chi connectivity index (χ2n) is 9.97. The van der Waals surface area contributed by atoms with Gasteiger partial charge in [-0.25, -0.2) is 9.07 Å². The molecule has 1 atom stereocenters. The maximum absolute atomic E-state index is 14.2. The summed E-state index contributed by atoms with van der Waals surface area (Å²) in [6, 6.07) is 17.1. The Kier molecular flexibility index (Phi) is 5.16. The van der Waals surface area contributed by atoms with Crippen molar-refractivity contribution >= 4 is 16.8 Å². The lowest BCUT2D eigenvalue weighted by molar-refractivity contribution is -0.126. The van der Waals surface area contributed by atoms with E-state index in [-0.39, 0.29) is 11.5 Å². The molecular weight excluding hydrogens is 473 g/mol. The predicted octanol–water partition coefficient (Wildman–Crippen LogP) is 3.94. The summed E-state index contributed by atoms with van der Waals surface area (Å²) in [5.74, 6) is -0.131. The molecule has 2 heterocycles. The van der Waals surface area contributed by atoms with Crippen molar-refractivity contribution in [1.82, 2.24) is 19.7 Å². The van der Waals surface area contributed by atoms with Crippen LogP contribution in [0.2, 0.25) is 0 Å². The molecule has 1 amide bonds. The molecule has 186 valence electrons. The molecule has 0 radical (unpaired) electrons. The molecular formula is C28H24FN5O3. The minimum atomic E-state index is -0.962. The molecule has 37 heavy (non-hydrogen) atoms. The van der Waals surface area contributed by atoms with Crippen LogP contribution in [-0.2, 0) is 11.8 Å². The number of nitrogens with zero attached hydrogens (tertiary/aromatic N) is 4. The Balaban J connectivity index is 1.33. The minimum Gasteiger partial charge on any atom is -0.483 e. The van der Waals surface area contributed by atoms with Gasteiger partial charge in [0.05, 0.1) is 29.0 Å². The van der Waals surface area contributed by atoms with Gasteiger partial charge < -0.3 is 14.6 Å². The van der Waals surface area contributed by atoms with Gasteiger partial charge in [-0.3, -0.25) is 9.59 Å². The van der Waals surface area contributed by atoms with Crippen molar-refractivity contribution in [3.63, 3.8) is 0 Å². The van der Waals surface area contributed by atoms with Crippen molar-refractivity contribution in [3.05, 3.63) is 88.7 Å². The van der Waals surface area contributed by atoms with E-state index in [1.54, 1.807) is 42.3 Å². The molecule has 2 aliphatic carbocycles. The number of aromatic nitrogens is 3. The summed E-state index contributed by atoms with van der Waals surface area (Å²) in [4.78, 5) is 24.7. The van der Waals surface area contributed by atoms with E-state index in [4.69, 9.17) is 4.74 Å². The molecule has 6 rings (SSSR count). The third-order valence-corrected chi connectivity index (χ3v) is 7.31. The summed E-state index contributed by atoms with van der Waals surface area (Å²) >= 11 is 0. The monoisotopic (exact) mass is 497 g/mol. The number of hydrogen-bond donors (Lipinski definition) is 1. The molecule has 2 aromatic heterocycles. The quantitative estimate of drug-likeness (QED) is 0.417. The van der Waals surface area contributed by atoms with Crippen LogP contribution in [0.5, 0.6) is 5.75 Å². The molecule has 0 aliphatic heterocycles. The van der Waals surface area contributed by atoms with Crippen LogP contribution in [0.4, 0.5) is 4.39 Å². The number of hydrogen-bond acceptors (Lipinski definition) is 5. The Hall–Kier alpha value is -4.45. The van der Waals surface area contributed by atoms with Gasteiger partial charge in [-0.2, -0.15) is 10.4 Å². The van der Waals surface area contributed by atoms with Gasteiger partial charge >= 0.3 is 0 Å². The molecule has 9 heteroatoms. The average Bonchev–Trinajstić information content (AvgIpc) is 3.81. The number of amides is 1. The highest BCUT2D eigenvalue weighted by molar-refractivity contribution is 5.89. The van der Waals surface area contributed by atoms with Crippen LogP contribution in [0.25, 0.3) is 16.6 Å². The fraction of sp³-hybridized carbons (Fsp3) is 0.286. The summed E-state index contributed by atoms with van der Waals surface area (Å²) in [6.45, 7) is 0. The highest BCUT2D eigenvalue weighted by Gasteiger charge is 2.58. The molecule has 1 unspecified atom stereocenters. The first-order valence-electron chi connectivity index (χ1n) is 12.1. The first-order chi connectivity index (χ1) is 17.8. The van der Waals surface area contributed by atoms with Crippen molar-refractivity contribution in [2.45, 2.75) is 37.3 Å². The zero-order valence-electron chi connectivity index (χ0n) is 20.1. The number of carbonyl (C=O) groups excluding carboxylic acids is 1. The van der Waals surface area contributed by atoms with Crippen molar-refractivity contribution in [2.24, 2.45) is 12.5 Å². The number of benzene rings is 2. The summed E-state index contributed by atoms with van der Waals surface area (Å²) < 4.78 is 23.9. The van der Waals surface area contributed by atoms with Crippen LogP contribution in [0.3, 0.4) is 0 Å². The maximum Gasteiger partial charge on any atom is 0.250 e. The lowest BCUT2D eigenvalue weighted by Gasteiger charge is -2.30. The number of fused-ring (bicyclic) bond motifs is 1. The van der Waals surface area contributed by atoms with Gasteiger partial charge in [0.15, 0.2) is 0 Å². The SMILES string of the molecule is Cn1cc(-n2ncc3cc(OC(c4cccc(F)c4)C4(NC(=O)C5(C#N)CC5)CC4)ccc32)ccc1=O. The second-order valence-corrected chi connectivity index (χ2v) is 9.97. The summed E-state index contributed by atoms with van der Waals surface area (Å²) in [5.41, 5.74) is 0.396. The van der Waals surface area contributed by atoms with Crippen LogP contribution in [0.15, 0.2) is 71.8 Å². The van der Waals surface area contributed by atoms with Gasteiger partial charge in [0.1, 0.15) is 23.1 Å². The Labute approximate surface area is 211 Å². The number of rotatable bonds is 7. The number of halogens is 1. The minimum absolute atomic E-state index is 0.109. The molecule has 0 bridgehead atoms. The highest BCUT2D eigenvalue weighted by atomic mass is 19.1. The van der Waals surface area contributed by atoms with E-state index < -0.39 is 22.9 Å². The van der Waals surface area contributed by atoms with E-state index in [2.05, 4.69) is 16.5 Å². The van der Waals surface area contributed by atoms with E-state index in [9.17, 15) is 19.2 Å². The van der Waals surface area contributed by atoms with Crippen LogP contribution in [-0.4, -0.2) is 25.8 Å². The normalized spacial score (nSPS) is 17.5. The fourth-order valence-corrected chi connectivity index (χ4v) is 4.75. The smallest absolute Gasteiger partial charge is 0.250 e. The topological polar surface area (TPSA) is 102 Å². The third kappa shape index (κ3) is 4.04. The van der Waals surface area contributed by atoms with E-state index in [0.717, 1.165) is 16.6 Å². The van der Waals surface area contributed by atoms with Gasteiger partial charge in [0.2, 0.25) is 11.5 Å². The number of aryl methyl sites for hydroxylation is 1. The predicted molar refractivity (Wildman–Crippen MR) is 133 cm³/mol. The van der Waals surface area contributed by atoms with Gasteiger partial charge in [-0.15, -0.1) is 0 Å². The fourth-order valence-electron chi connectivity index (χ4n) is 4.75. The number of ether oxygens (including phenoxy) is 1. The third-order valence-electron chi connectivity index (χ3n) is 7.31. The summed E-state index contributed by atoms with van der Waals surface area (Å²) in [6.07, 6.45) is 5.20. The van der Waals surface area contributed by atoms with Crippen molar-refractivity contribution in [2.75, 3.05) is 0 Å². The molecule has 0 spiro atoms. The Morgan fingerprint density at radius 1 is 1.16 bits per heavy atom. The first-order valence-corrected chi connectivity index (χ1v) is 12.1. The van der Waals surface area contributed by atoms with Crippen LogP contribution < -0.4 is 15.6 Å². The number of carbonyl (C=O) groups is 1. The number of nitrogens with one attached hydrogen (secondary N) is 1. The van der Waals surface area contributed by atoms with Crippen molar-refractivity contribution in [1.29, 1.82) is 5.26 Å². The van der Waals surface area contributed by atoms with Crippen molar-refractivity contribution < 1.29 is 13.9 Å². The van der Waals surface area contributed by atoms with E-state index in [1.165, 1.54) is 22.8 Å². The van der Waals surface area contributed by atoms with Crippen LogP contribution in [0, 0.1) is 22.6 Å². The van der Waals surface area contributed by atoms with E-state index in [1.807, 2.05) is 18.2 Å². The van der Waals surface area contributed by atoms with Crippen LogP contribution >= 0.6 is 0 Å². The molecule has 2 aliphatic rings. The summed E-state index contributed by atoms with van der Waals surface area (Å²) in [7, 11) is 1.68. The Bertz CT molecular complexity index is 1640. The first kappa shape index (κ1) is 23.0. The molecule has 1 N–H and O–H groups in total. The molecule has 2 fully saturated rings. The van der Waals surface area contributed by atoms with E-state index >= 15 is 0 Å². The zero-order valence-corrected chi connectivity index (χ0v) is 20.1. The molecule has 8 nitrogen and oxygen atoms in total. The van der Waals surface area contributed by atoms with Gasteiger partial charge in [-0.05, 0) is 67.6 Å². The largest absolute Gasteiger partial charge is 0.483 e. The lowest BCUT2D eigenvalue weighted by Crippen LogP contribution is -2.46. The molecule has 2 saturated carbocycles. The van der Waals surface area contributed by atoms with Gasteiger partial charge in [0.25, 0.3) is 0 Å².